The second kappa shape index (κ2) is 8.67. The molecule has 1 rings (SSSR count). The molecule has 0 N–H and O–H groups in total. The van der Waals surface area contributed by atoms with E-state index in [1.807, 2.05) is 0 Å². The number of carbonyl (C=O) groups excluding carboxylic acids is 2. The van der Waals surface area contributed by atoms with Crippen molar-refractivity contribution in [3.63, 3.8) is 0 Å². The Morgan fingerprint density at radius 2 is 1.50 bits per heavy atom. The molecule has 0 unspecified atom stereocenters. The van der Waals surface area contributed by atoms with Crippen LogP contribution in [0.1, 0.15) is 41.5 Å². The predicted molar refractivity (Wildman–Crippen MR) is 89.8 cm³/mol. The van der Waals surface area contributed by atoms with Gasteiger partial charge in [0.05, 0.1) is 5.02 Å². The Labute approximate surface area is 174 Å². The fraction of sp³-hybridized carbons (Fsp3) is 0.533. The molecule has 0 spiro atoms. The van der Waals surface area contributed by atoms with Gasteiger partial charge in [0, 0.05) is 6.20 Å². The monoisotopic (exact) mass is 382 g/mol. The molecule has 1 heterocycles. The van der Waals surface area contributed by atoms with E-state index in [2.05, 4.69) is 4.98 Å². The minimum Gasteiger partial charge on any atom is -0.778 e. The van der Waals surface area contributed by atoms with Crippen molar-refractivity contribution in [3.8, 4) is 0 Å². The number of hydrogen-bond acceptors (Lipinski definition) is 6. The molecule has 0 aromatic carbocycles. The molecule has 0 bridgehead atoms. The molecule has 0 radical (unpaired) electrons. The Kier molecular flexibility index (Phi) is 8.45. The first-order valence-electron chi connectivity index (χ1n) is 6.89. The van der Waals surface area contributed by atoms with Crippen molar-refractivity contribution >= 4 is 42.2 Å². The summed E-state index contributed by atoms with van der Waals surface area (Å²) in [4.78, 5) is 29.7. The first-order valence-corrected chi connectivity index (χ1v) is 7.68. The van der Waals surface area contributed by atoms with E-state index in [0.29, 0.717) is 4.90 Å². The van der Waals surface area contributed by atoms with Crippen LogP contribution in [0.15, 0.2) is 17.2 Å². The second-order valence-corrected chi connectivity index (χ2v) is 7.56. The van der Waals surface area contributed by atoms with Crippen LogP contribution >= 0.6 is 11.6 Å². The van der Waals surface area contributed by atoms with Crippen LogP contribution in [0.4, 0.5) is 15.4 Å². The Hall–Kier alpha value is -0.600. The summed E-state index contributed by atoms with van der Waals surface area (Å²) in [7, 11) is 0. The summed E-state index contributed by atoms with van der Waals surface area (Å²) in [6, 6.07) is 1.49. The number of pyridine rings is 1. The molecule has 0 saturated carbocycles. The van der Waals surface area contributed by atoms with Gasteiger partial charge in [-0.25, -0.2) is 14.6 Å². The third-order valence-corrected chi connectivity index (χ3v) is 3.02. The van der Waals surface area contributed by atoms with E-state index in [-0.39, 0.29) is 45.3 Å². The number of nitrogens with zero attached hydrogens (tertiary/aromatic N) is 2. The smallest absolute Gasteiger partial charge is 0.778 e. The van der Waals surface area contributed by atoms with Crippen LogP contribution in [0, 0.1) is 0 Å². The summed E-state index contributed by atoms with van der Waals surface area (Å²) in [6.45, 7) is 10.1. The number of amides is 2. The minimum absolute atomic E-state index is 0. The van der Waals surface area contributed by atoms with Crippen molar-refractivity contribution in [2.24, 2.45) is 0 Å². The van der Waals surface area contributed by atoms with E-state index >= 15 is 0 Å². The van der Waals surface area contributed by atoms with E-state index in [4.69, 9.17) is 33.7 Å². The van der Waals surface area contributed by atoms with E-state index in [0.717, 1.165) is 0 Å². The van der Waals surface area contributed by atoms with Crippen molar-refractivity contribution in [1.82, 2.24) is 4.98 Å². The van der Waals surface area contributed by atoms with E-state index < -0.39 is 23.4 Å². The van der Waals surface area contributed by atoms with Gasteiger partial charge in [-0.15, -0.1) is 0 Å². The van der Waals surface area contributed by atoms with Crippen LogP contribution in [-0.4, -0.2) is 28.4 Å². The summed E-state index contributed by atoms with van der Waals surface area (Å²) in [6.07, 6.45) is -0.533. The van der Waals surface area contributed by atoms with Gasteiger partial charge in [-0.1, -0.05) is 17.7 Å². The molecule has 128 valence electrons. The molecule has 1 aromatic rings. The topological polar surface area (TPSA) is 68.7 Å². The van der Waals surface area contributed by atoms with Crippen LogP contribution in [0.25, 0.3) is 0 Å². The molecule has 1 aromatic heterocycles. The van der Waals surface area contributed by atoms with Crippen LogP contribution in [-0.2, 0) is 22.1 Å². The van der Waals surface area contributed by atoms with Crippen molar-refractivity contribution < 1.29 is 48.6 Å². The zero-order valence-corrected chi connectivity index (χ0v) is 18.5. The molecule has 0 aliphatic heterocycles. The molecule has 0 aliphatic carbocycles. The molecule has 24 heavy (non-hydrogen) atoms. The van der Waals surface area contributed by atoms with Crippen molar-refractivity contribution in [2.45, 2.75) is 57.6 Å². The summed E-state index contributed by atoms with van der Waals surface area (Å²) < 4.78 is 10.5. The maximum absolute atomic E-state index is 12.4. The van der Waals surface area contributed by atoms with E-state index in [9.17, 15) is 9.59 Å². The Balaban J connectivity index is 0.00000529. The van der Waals surface area contributed by atoms with Gasteiger partial charge >= 0.3 is 41.7 Å². The predicted octanol–water partition coefficient (Wildman–Crippen LogP) is 1.32. The maximum atomic E-state index is 12.4. The average Bonchev–Trinajstić information content (AvgIpc) is 2.30. The minimum atomic E-state index is -0.943. The fourth-order valence-corrected chi connectivity index (χ4v) is 1.78. The summed E-state index contributed by atoms with van der Waals surface area (Å²) in [5, 5.41) is -0.000724. The number of carbonyl (C=O) groups is 2. The van der Waals surface area contributed by atoms with Gasteiger partial charge in [-0.3, -0.25) is 0 Å². The number of hydrogen-bond donors (Lipinski definition) is 0. The van der Waals surface area contributed by atoms with Gasteiger partial charge in [0.1, 0.15) is 11.2 Å². The molecule has 6 nitrogen and oxygen atoms in total. The molecule has 0 aliphatic rings. The van der Waals surface area contributed by atoms with Gasteiger partial charge in [-0.05, 0) is 41.5 Å². The molecule has 0 atom stereocenters. The van der Waals surface area contributed by atoms with Crippen molar-refractivity contribution in [3.05, 3.63) is 17.3 Å². The Morgan fingerprint density at radius 1 is 1.08 bits per heavy atom. The number of rotatable bonds is 1. The van der Waals surface area contributed by atoms with Crippen molar-refractivity contribution in [1.29, 1.82) is 0 Å². The number of halogens is 1. The number of aromatic nitrogens is 1. The SMILES string of the molecule is CC(C)(C)OC(=O)N(C(=O)OC(C)(C)C)c1nccc([S-])c1Cl.[Na+]. The van der Waals surface area contributed by atoms with E-state index in [1.165, 1.54) is 12.3 Å². The zero-order valence-electron chi connectivity index (χ0n) is 15.0. The first kappa shape index (κ1) is 23.4. The quantitative estimate of drug-likeness (QED) is 0.539. The van der Waals surface area contributed by atoms with Gasteiger partial charge < -0.3 is 22.1 Å². The van der Waals surface area contributed by atoms with Crippen molar-refractivity contribution in [2.75, 3.05) is 4.90 Å². The molecule has 0 fully saturated rings. The molecule has 9 heteroatoms. The third kappa shape index (κ3) is 7.11. The van der Waals surface area contributed by atoms with Gasteiger partial charge in [0.15, 0.2) is 5.82 Å². The first-order chi connectivity index (χ1) is 10.3. The number of imide groups is 1. The Morgan fingerprint density at radius 3 is 1.88 bits per heavy atom. The van der Waals surface area contributed by atoms with Gasteiger partial charge in [0.2, 0.25) is 0 Å². The molecule has 0 saturated heterocycles. The largest absolute Gasteiger partial charge is 1.00 e. The number of anilines is 1. The fourth-order valence-electron chi connectivity index (χ4n) is 1.43. The van der Waals surface area contributed by atoms with Crippen LogP contribution in [0.5, 0.6) is 0 Å². The zero-order chi connectivity index (χ0) is 18.0. The Bertz CT molecular complexity index is 586. The van der Waals surface area contributed by atoms with Crippen LogP contribution < -0.4 is 34.5 Å². The maximum Gasteiger partial charge on any atom is 1.00 e. The molecular formula is C15H20ClN2NaO4S. The standard InChI is InChI=1S/C15H21ClN2O4S.Na/c1-14(2,3)21-12(19)18(13(20)22-15(4,5)6)11-10(16)9(23)7-8-17-11;/h7-8H,1-6H3,(H,17,23);/q;+1/p-1. The summed E-state index contributed by atoms with van der Waals surface area (Å²) >= 11 is 11.1. The average molecular weight is 383 g/mol. The molecule has 2 amide bonds. The summed E-state index contributed by atoms with van der Waals surface area (Å²) in [5.74, 6) is -0.123. The van der Waals surface area contributed by atoms with Gasteiger partial charge in [0.25, 0.3) is 0 Å². The second-order valence-electron chi connectivity index (χ2n) is 6.74. The number of ether oxygens (including phenoxy) is 2. The summed E-state index contributed by atoms with van der Waals surface area (Å²) in [5.41, 5.74) is -1.62. The van der Waals surface area contributed by atoms with Crippen LogP contribution in [0.3, 0.4) is 0 Å². The molecular weight excluding hydrogens is 363 g/mol. The van der Waals surface area contributed by atoms with Crippen LogP contribution in [0.2, 0.25) is 5.02 Å². The third-order valence-electron chi connectivity index (χ3n) is 2.20. The van der Waals surface area contributed by atoms with E-state index in [1.54, 1.807) is 41.5 Å². The normalized spacial score (nSPS) is 11.3. The van der Waals surface area contributed by atoms with Gasteiger partial charge in [-0.2, -0.15) is 9.80 Å².